The Kier molecular flexibility index (Phi) is 7.18. The number of hydrogen-bond donors (Lipinski definition) is 3. The van der Waals surface area contributed by atoms with Gasteiger partial charge in [0.25, 0.3) is 11.6 Å². The predicted octanol–water partition coefficient (Wildman–Crippen LogP) is 0.663. The monoisotopic (exact) mass is 439 g/mol. The average Bonchev–Trinajstić information content (AvgIpc) is 2.65. The smallest absolute Gasteiger partial charge is 0.408 e. The maximum atomic E-state index is 13.0. The largest absolute Gasteiger partial charge is 0.480 e. The van der Waals surface area contributed by atoms with Crippen LogP contribution in [0.15, 0.2) is 24.3 Å². The van der Waals surface area contributed by atoms with Gasteiger partial charge in [0.2, 0.25) is 0 Å². The van der Waals surface area contributed by atoms with E-state index in [1.54, 1.807) is 20.8 Å². The molecule has 0 aromatic heterocycles. The normalized spacial score (nSPS) is 20.7. The first kappa shape index (κ1) is 24.0. The second kappa shape index (κ2) is 9.27. The minimum absolute atomic E-state index is 0.0986. The molecule has 2 amide bonds. The number of nitrogens with zero attached hydrogens (tertiary/aromatic N) is 2. The molecule has 170 valence electrons. The molecule has 1 aromatic carbocycles. The summed E-state index contributed by atoms with van der Waals surface area (Å²) in [6, 6.07) is 4.47. The highest BCUT2D eigenvalue weighted by Gasteiger charge is 2.62. The molecule has 12 nitrogen and oxygen atoms in total. The van der Waals surface area contributed by atoms with Crippen LogP contribution in [0, 0.1) is 10.1 Å². The van der Waals surface area contributed by atoms with Gasteiger partial charge in [-0.05, 0) is 26.3 Å². The number of β-lactam (4-membered cyclic amide) rings is 1. The van der Waals surface area contributed by atoms with Gasteiger partial charge in [-0.15, -0.1) is 0 Å². The second-order valence-electron chi connectivity index (χ2n) is 8.04. The molecule has 1 fully saturated rings. The molecule has 2 rings (SSSR count). The number of carbonyl (C=O) groups is 3. The lowest BCUT2D eigenvalue weighted by atomic mass is 9.74. The number of likely N-dealkylation sites (tertiary alicyclic amines) is 1. The fraction of sp³-hybridized carbons (Fsp3) is 0.526. The fourth-order valence-electron chi connectivity index (χ4n) is 3.38. The molecule has 1 aliphatic heterocycles. The molecule has 1 heterocycles. The van der Waals surface area contributed by atoms with Gasteiger partial charge in [0.05, 0.1) is 17.6 Å². The van der Waals surface area contributed by atoms with Crippen LogP contribution in [0.3, 0.4) is 0 Å². The van der Waals surface area contributed by atoms with E-state index in [0.29, 0.717) is 5.56 Å². The Labute approximate surface area is 177 Å². The van der Waals surface area contributed by atoms with Crippen molar-refractivity contribution < 1.29 is 39.0 Å². The van der Waals surface area contributed by atoms with Crippen molar-refractivity contribution in [1.29, 1.82) is 0 Å². The minimum Gasteiger partial charge on any atom is -0.480 e. The van der Waals surface area contributed by atoms with Crippen LogP contribution < -0.4 is 5.32 Å². The Hall–Kier alpha value is -3.25. The third-order valence-corrected chi connectivity index (χ3v) is 4.61. The van der Waals surface area contributed by atoms with E-state index in [1.165, 1.54) is 24.3 Å². The first-order valence-electron chi connectivity index (χ1n) is 9.35. The summed E-state index contributed by atoms with van der Waals surface area (Å²) in [5.74, 6) is -1.94. The van der Waals surface area contributed by atoms with E-state index in [4.69, 9.17) is 19.7 Å². The Morgan fingerprint density at radius 3 is 2.39 bits per heavy atom. The number of benzene rings is 1. The van der Waals surface area contributed by atoms with Crippen molar-refractivity contribution in [2.45, 2.75) is 44.4 Å². The molecule has 3 N–H and O–H groups in total. The van der Waals surface area contributed by atoms with E-state index in [1.807, 2.05) is 0 Å². The Morgan fingerprint density at radius 2 is 1.90 bits per heavy atom. The number of hydrogen-bond acceptors (Lipinski definition) is 8. The van der Waals surface area contributed by atoms with E-state index in [2.05, 4.69) is 5.32 Å². The fourth-order valence-corrected chi connectivity index (χ4v) is 3.38. The first-order chi connectivity index (χ1) is 14.4. The standard InChI is InChI=1S/C19H25N3O9/c1-18(2,3)31-17(27)20-19(8-12-4-6-13(7-5-12)22(28)29)14(10-30-11-23)21(16(19)26)9-15(24)25/h4-7,14,23H,8-11H2,1-3H3,(H,20,27)(H,24,25). The van der Waals surface area contributed by atoms with Crippen molar-refractivity contribution in [2.24, 2.45) is 0 Å². The lowest BCUT2D eigenvalue weighted by Crippen LogP contribution is -2.82. The number of carboxylic acids is 1. The molecule has 1 saturated heterocycles. The summed E-state index contributed by atoms with van der Waals surface area (Å²) in [4.78, 5) is 48.1. The number of amides is 2. The summed E-state index contributed by atoms with van der Waals surface area (Å²) in [6.45, 7) is 3.37. The molecule has 31 heavy (non-hydrogen) atoms. The number of carboxylic acid groups (broad SMARTS) is 1. The zero-order valence-corrected chi connectivity index (χ0v) is 17.4. The highest BCUT2D eigenvalue weighted by atomic mass is 16.6. The highest BCUT2D eigenvalue weighted by Crippen LogP contribution is 2.35. The Morgan fingerprint density at radius 1 is 1.29 bits per heavy atom. The van der Waals surface area contributed by atoms with Gasteiger partial charge in [-0.3, -0.25) is 19.7 Å². The Bertz CT molecular complexity index is 850. The van der Waals surface area contributed by atoms with Crippen molar-refractivity contribution in [1.82, 2.24) is 10.2 Å². The number of nitro benzene ring substituents is 1. The summed E-state index contributed by atoms with van der Waals surface area (Å²) in [5.41, 5.74) is -2.14. The van der Waals surface area contributed by atoms with Crippen LogP contribution >= 0.6 is 0 Å². The van der Waals surface area contributed by atoms with E-state index >= 15 is 0 Å². The molecule has 0 aliphatic carbocycles. The molecule has 12 heteroatoms. The second-order valence-corrected chi connectivity index (χ2v) is 8.04. The van der Waals surface area contributed by atoms with Crippen molar-refractivity contribution >= 4 is 23.7 Å². The Balaban J connectivity index is 2.40. The topological polar surface area (TPSA) is 169 Å². The van der Waals surface area contributed by atoms with E-state index in [9.17, 15) is 24.5 Å². The van der Waals surface area contributed by atoms with Crippen molar-refractivity contribution in [3.05, 3.63) is 39.9 Å². The summed E-state index contributed by atoms with van der Waals surface area (Å²) in [6.07, 6.45) is -0.995. The molecular formula is C19H25N3O9. The number of non-ortho nitro benzene ring substituents is 1. The quantitative estimate of drug-likeness (QED) is 0.217. The van der Waals surface area contributed by atoms with Crippen LogP contribution in [-0.2, 0) is 25.5 Å². The van der Waals surface area contributed by atoms with Gasteiger partial charge in [0.15, 0.2) is 0 Å². The lowest BCUT2D eigenvalue weighted by molar-refractivity contribution is -0.384. The molecule has 2 atom stereocenters. The third-order valence-electron chi connectivity index (χ3n) is 4.61. The number of nitro groups is 1. The van der Waals surface area contributed by atoms with Crippen molar-refractivity contribution in [3.63, 3.8) is 0 Å². The zero-order valence-electron chi connectivity index (χ0n) is 17.4. The third kappa shape index (κ3) is 5.67. The zero-order chi connectivity index (χ0) is 23.4. The van der Waals surface area contributed by atoms with Crippen LogP contribution in [0.5, 0.6) is 0 Å². The van der Waals surface area contributed by atoms with Gasteiger partial charge in [-0.25, -0.2) is 4.79 Å². The maximum Gasteiger partial charge on any atom is 0.408 e. The molecule has 1 aromatic rings. The molecule has 1 aliphatic rings. The van der Waals surface area contributed by atoms with E-state index in [0.717, 1.165) is 4.90 Å². The lowest BCUT2D eigenvalue weighted by Gasteiger charge is -2.55. The number of nitrogens with one attached hydrogen (secondary N) is 1. The number of carbonyl (C=O) groups excluding carboxylic acids is 2. The summed E-state index contributed by atoms with van der Waals surface area (Å²) in [7, 11) is 0. The summed E-state index contributed by atoms with van der Waals surface area (Å²) in [5, 5.41) is 31.6. The first-order valence-corrected chi connectivity index (χ1v) is 9.35. The molecule has 0 spiro atoms. The van der Waals surface area contributed by atoms with Crippen LogP contribution in [0.1, 0.15) is 26.3 Å². The van der Waals surface area contributed by atoms with Crippen LogP contribution in [0.25, 0.3) is 0 Å². The summed E-state index contributed by atoms with van der Waals surface area (Å²) >= 11 is 0. The van der Waals surface area contributed by atoms with E-state index in [-0.39, 0.29) is 18.7 Å². The summed E-state index contributed by atoms with van der Waals surface area (Å²) < 4.78 is 10.3. The number of aliphatic hydroxyl groups is 1. The number of ether oxygens (including phenoxy) is 2. The number of aliphatic carboxylic acids is 1. The van der Waals surface area contributed by atoms with Crippen LogP contribution in [0.2, 0.25) is 0 Å². The average molecular weight is 439 g/mol. The van der Waals surface area contributed by atoms with Crippen molar-refractivity contribution in [2.75, 3.05) is 19.9 Å². The molecule has 0 bridgehead atoms. The highest BCUT2D eigenvalue weighted by molar-refractivity contribution is 5.99. The molecule has 0 radical (unpaired) electrons. The maximum absolute atomic E-state index is 13.0. The van der Waals surface area contributed by atoms with Crippen LogP contribution in [-0.4, -0.2) is 75.1 Å². The van der Waals surface area contributed by atoms with Crippen molar-refractivity contribution in [3.8, 4) is 0 Å². The van der Waals surface area contributed by atoms with Gasteiger partial charge < -0.3 is 29.9 Å². The number of alkyl carbamates (subject to hydrolysis) is 1. The molecular weight excluding hydrogens is 414 g/mol. The molecule has 2 unspecified atom stereocenters. The number of aliphatic hydroxyl groups excluding tert-OH is 1. The van der Waals surface area contributed by atoms with Gasteiger partial charge >= 0.3 is 12.1 Å². The predicted molar refractivity (Wildman–Crippen MR) is 105 cm³/mol. The van der Waals surface area contributed by atoms with Crippen LogP contribution in [0.4, 0.5) is 10.5 Å². The SMILES string of the molecule is CC(C)(C)OC(=O)NC1(Cc2ccc([N+](=O)[O-])cc2)C(=O)N(CC(=O)O)C1COCO. The number of rotatable bonds is 9. The van der Waals surface area contributed by atoms with E-state index < -0.39 is 53.4 Å². The molecule has 0 saturated carbocycles. The van der Waals surface area contributed by atoms with Gasteiger partial charge in [-0.2, -0.15) is 0 Å². The van der Waals surface area contributed by atoms with Gasteiger partial charge in [0, 0.05) is 18.6 Å². The van der Waals surface area contributed by atoms with Gasteiger partial charge in [0.1, 0.15) is 24.5 Å². The van der Waals surface area contributed by atoms with Gasteiger partial charge in [-0.1, -0.05) is 12.1 Å². The minimum atomic E-state index is -1.62.